The normalized spacial score (nSPS) is 12.7. The van der Waals surface area contributed by atoms with Gasteiger partial charge in [0, 0.05) is 23.7 Å². The van der Waals surface area contributed by atoms with Crippen LogP contribution in [0.1, 0.15) is 37.5 Å². The zero-order valence-corrected chi connectivity index (χ0v) is 17.8. The maximum Gasteiger partial charge on any atom is 0.170 e. The molecular formula is C23H29NO5. The summed E-state index contributed by atoms with van der Waals surface area (Å²) in [5, 5.41) is 0. The number of nitrogens with zero attached hydrogens (tertiary/aromatic N) is 1. The van der Waals surface area contributed by atoms with Crippen LogP contribution in [0.5, 0.6) is 28.7 Å². The first kappa shape index (κ1) is 20.8. The van der Waals surface area contributed by atoms with E-state index >= 15 is 0 Å². The SMILES string of the molecule is CCOc1cc2c(cc1OCC)C(c1cc(OC)cc(OC)c1OCC)=NCC2. The van der Waals surface area contributed by atoms with Gasteiger partial charge in [-0.1, -0.05) is 0 Å². The van der Waals surface area contributed by atoms with E-state index in [4.69, 9.17) is 28.7 Å². The molecule has 0 saturated carbocycles. The van der Waals surface area contributed by atoms with Crippen LogP contribution in [0.3, 0.4) is 0 Å². The number of ether oxygens (including phenoxy) is 5. The molecule has 1 aliphatic rings. The minimum Gasteiger partial charge on any atom is -0.497 e. The van der Waals surface area contributed by atoms with Gasteiger partial charge in [-0.25, -0.2) is 0 Å². The van der Waals surface area contributed by atoms with Crippen molar-refractivity contribution in [3.8, 4) is 28.7 Å². The summed E-state index contributed by atoms with van der Waals surface area (Å²) >= 11 is 0. The molecule has 0 aliphatic carbocycles. The van der Waals surface area contributed by atoms with Crippen LogP contribution in [0, 0.1) is 0 Å². The first-order valence-electron chi connectivity index (χ1n) is 10.0. The van der Waals surface area contributed by atoms with E-state index in [2.05, 4.69) is 6.07 Å². The fourth-order valence-corrected chi connectivity index (χ4v) is 3.49. The van der Waals surface area contributed by atoms with Crippen molar-refractivity contribution in [3.63, 3.8) is 0 Å². The molecule has 156 valence electrons. The second-order valence-electron chi connectivity index (χ2n) is 6.44. The van der Waals surface area contributed by atoms with Crippen molar-refractivity contribution in [1.82, 2.24) is 0 Å². The van der Waals surface area contributed by atoms with Gasteiger partial charge in [0.15, 0.2) is 23.0 Å². The van der Waals surface area contributed by atoms with Gasteiger partial charge in [-0.15, -0.1) is 0 Å². The summed E-state index contributed by atoms with van der Waals surface area (Å²) in [4.78, 5) is 4.84. The van der Waals surface area contributed by atoms with Crippen molar-refractivity contribution in [2.75, 3.05) is 40.6 Å². The molecule has 0 fully saturated rings. The largest absolute Gasteiger partial charge is 0.497 e. The van der Waals surface area contributed by atoms with Gasteiger partial charge in [0.25, 0.3) is 0 Å². The Morgan fingerprint density at radius 3 is 2.07 bits per heavy atom. The van der Waals surface area contributed by atoms with E-state index in [0.29, 0.717) is 43.6 Å². The first-order valence-corrected chi connectivity index (χ1v) is 10.0. The lowest BCUT2D eigenvalue weighted by Gasteiger charge is -2.23. The van der Waals surface area contributed by atoms with Gasteiger partial charge in [-0.2, -0.15) is 0 Å². The third-order valence-corrected chi connectivity index (χ3v) is 4.70. The van der Waals surface area contributed by atoms with Crippen molar-refractivity contribution < 1.29 is 23.7 Å². The number of hydrogen-bond donors (Lipinski definition) is 0. The van der Waals surface area contributed by atoms with Crippen LogP contribution in [0.15, 0.2) is 29.3 Å². The lowest BCUT2D eigenvalue weighted by molar-refractivity contribution is 0.287. The van der Waals surface area contributed by atoms with Crippen LogP contribution in [-0.4, -0.2) is 46.3 Å². The molecular weight excluding hydrogens is 370 g/mol. The van der Waals surface area contributed by atoms with Crippen molar-refractivity contribution in [1.29, 1.82) is 0 Å². The number of aliphatic imine (C=N–C) groups is 1. The maximum atomic E-state index is 5.95. The third-order valence-electron chi connectivity index (χ3n) is 4.70. The Morgan fingerprint density at radius 1 is 0.759 bits per heavy atom. The average molecular weight is 399 g/mol. The number of methoxy groups -OCH3 is 2. The average Bonchev–Trinajstić information content (AvgIpc) is 2.74. The molecule has 2 aromatic rings. The Bertz CT molecular complexity index is 891. The summed E-state index contributed by atoms with van der Waals surface area (Å²) in [5.74, 6) is 3.45. The molecule has 0 aromatic heterocycles. The van der Waals surface area contributed by atoms with Gasteiger partial charge in [0.05, 0.1) is 39.8 Å². The molecule has 0 unspecified atom stereocenters. The zero-order valence-electron chi connectivity index (χ0n) is 17.8. The lowest BCUT2D eigenvalue weighted by atomic mass is 9.92. The molecule has 0 atom stereocenters. The highest BCUT2D eigenvalue weighted by atomic mass is 16.5. The molecule has 0 saturated heterocycles. The molecule has 1 aliphatic heterocycles. The summed E-state index contributed by atoms with van der Waals surface area (Å²) in [6, 6.07) is 7.85. The molecule has 1 heterocycles. The van der Waals surface area contributed by atoms with Gasteiger partial charge < -0.3 is 23.7 Å². The zero-order chi connectivity index (χ0) is 20.8. The Kier molecular flexibility index (Phi) is 6.86. The monoisotopic (exact) mass is 399 g/mol. The number of fused-ring (bicyclic) bond motifs is 1. The van der Waals surface area contributed by atoms with Crippen molar-refractivity contribution >= 4 is 5.71 Å². The Hall–Kier alpha value is -2.89. The second-order valence-corrected chi connectivity index (χ2v) is 6.44. The summed E-state index contributed by atoms with van der Waals surface area (Å²) < 4.78 is 28.7. The summed E-state index contributed by atoms with van der Waals surface area (Å²) in [6.45, 7) is 8.23. The lowest BCUT2D eigenvalue weighted by Crippen LogP contribution is -2.17. The van der Waals surface area contributed by atoms with Crippen LogP contribution in [0.25, 0.3) is 0 Å². The summed E-state index contributed by atoms with van der Waals surface area (Å²) in [5.41, 5.74) is 3.87. The number of hydrogen-bond acceptors (Lipinski definition) is 6. The van der Waals surface area contributed by atoms with Crippen LogP contribution in [0.4, 0.5) is 0 Å². The fourth-order valence-electron chi connectivity index (χ4n) is 3.49. The van der Waals surface area contributed by atoms with Gasteiger partial charge in [-0.3, -0.25) is 4.99 Å². The van der Waals surface area contributed by atoms with E-state index in [1.165, 1.54) is 5.56 Å². The molecule has 29 heavy (non-hydrogen) atoms. The van der Waals surface area contributed by atoms with E-state index < -0.39 is 0 Å². The van der Waals surface area contributed by atoms with Crippen LogP contribution >= 0.6 is 0 Å². The smallest absolute Gasteiger partial charge is 0.170 e. The molecule has 2 aromatic carbocycles. The Balaban J connectivity index is 2.19. The van der Waals surface area contributed by atoms with Gasteiger partial charge in [-0.05, 0) is 51.0 Å². The third kappa shape index (κ3) is 4.26. The van der Waals surface area contributed by atoms with Crippen LogP contribution < -0.4 is 23.7 Å². The first-order chi connectivity index (χ1) is 14.2. The number of rotatable bonds is 9. The molecule has 0 N–H and O–H groups in total. The minimum atomic E-state index is 0.517. The summed E-state index contributed by atoms with van der Waals surface area (Å²) in [7, 11) is 3.26. The predicted octanol–water partition coefficient (Wildman–Crippen LogP) is 4.29. The molecule has 3 rings (SSSR count). The van der Waals surface area contributed by atoms with E-state index in [9.17, 15) is 0 Å². The van der Waals surface area contributed by atoms with Crippen LogP contribution in [0.2, 0.25) is 0 Å². The highest BCUT2D eigenvalue weighted by molar-refractivity contribution is 6.16. The van der Waals surface area contributed by atoms with Crippen molar-refractivity contribution in [3.05, 3.63) is 41.0 Å². The minimum absolute atomic E-state index is 0.517. The maximum absolute atomic E-state index is 5.95. The van der Waals surface area contributed by atoms with Gasteiger partial charge in [0.2, 0.25) is 0 Å². The van der Waals surface area contributed by atoms with E-state index in [-0.39, 0.29) is 0 Å². The van der Waals surface area contributed by atoms with Gasteiger partial charge >= 0.3 is 0 Å². The molecule has 0 spiro atoms. The Morgan fingerprint density at radius 2 is 1.45 bits per heavy atom. The highest BCUT2D eigenvalue weighted by Gasteiger charge is 2.25. The molecule has 0 bridgehead atoms. The molecule has 0 radical (unpaired) electrons. The standard InChI is InChI=1S/C23H29NO5/c1-6-27-19-11-15-9-10-24-22(17(15)14-20(19)28-7-2)18-12-16(25-4)13-21(26-5)23(18)29-8-3/h11-14H,6-10H2,1-5H3. The topological polar surface area (TPSA) is 58.5 Å². The van der Waals surface area contributed by atoms with Crippen LogP contribution in [-0.2, 0) is 6.42 Å². The highest BCUT2D eigenvalue weighted by Crippen LogP contribution is 2.40. The second kappa shape index (κ2) is 9.54. The fraction of sp³-hybridized carbons (Fsp3) is 0.435. The summed E-state index contributed by atoms with van der Waals surface area (Å²) in [6.07, 6.45) is 0.844. The van der Waals surface area contributed by atoms with Crippen molar-refractivity contribution in [2.24, 2.45) is 4.99 Å². The van der Waals surface area contributed by atoms with E-state index in [1.54, 1.807) is 14.2 Å². The molecule has 0 amide bonds. The van der Waals surface area contributed by atoms with E-state index in [0.717, 1.165) is 34.8 Å². The number of benzene rings is 2. The van der Waals surface area contributed by atoms with Crippen molar-refractivity contribution in [2.45, 2.75) is 27.2 Å². The molecule has 6 heteroatoms. The Labute approximate surface area is 172 Å². The predicted molar refractivity (Wildman–Crippen MR) is 114 cm³/mol. The quantitative estimate of drug-likeness (QED) is 0.629. The van der Waals surface area contributed by atoms with E-state index in [1.807, 2.05) is 39.0 Å². The van der Waals surface area contributed by atoms with Gasteiger partial charge in [0.1, 0.15) is 5.75 Å². The molecule has 6 nitrogen and oxygen atoms in total.